The summed E-state index contributed by atoms with van der Waals surface area (Å²) in [7, 11) is 0. The van der Waals surface area contributed by atoms with E-state index in [0.29, 0.717) is 23.4 Å². The predicted molar refractivity (Wildman–Crippen MR) is 106 cm³/mol. The van der Waals surface area contributed by atoms with Crippen molar-refractivity contribution in [2.45, 2.75) is 32.5 Å². The molecule has 1 atom stereocenters. The fourth-order valence-electron chi connectivity index (χ4n) is 3.55. The molecule has 142 valence electrons. The molecule has 3 aromatic rings. The van der Waals surface area contributed by atoms with E-state index in [0.717, 1.165) is 28.8 Å². The fraction of sp³-hybridized carbons (Fsp3) is 0.227. The molecule has 0 saturated heterocycles. The molecule has 0 aliphatic heterocycles. The Bertz CT molecular complexity index is 1030. The van der Waals surface area contributed by atoms with Crippen LogP contribution in [-0.4, -0.2) is 26.1 Å². The topological polar surface area (TPSA) is 95.3 Å². The van der Waals surface area contributed by atoms with Gasteiger partial charge in [0.25, 0.3) is 0 Å². The summed E-state index contributed by atoms with van der Waals surface area (Å²) in [6.07, 6.45) is 0.451. The predicted octanol–water partition coefficient (Wildman–Crippen LogP) is 2.77. The summed E-state index contributed by atoms with van der Waals surface area (Å²) in [4.78, 5) is 21.1. The molecule has 1 unspecified atom stereocenters. The number of aromatic nitrogens is 2. The lowest BCUT2D eigenvalue weighted by Gasteiger charge is -2.23. The highest BCUT2D eigenvalue weighted by Crippen LogP contribution is 2.35. The molecule has 0 bridgehead atoms. The van der Waals surface area contributed by atoms with Crippen molar-refractivity contribution in [2.24, 2.45) is 0 Å². The molecule has 1 aliphatic rings. The van der Waals surface area contributed by atoms with Gasteiger partial charge in [0.05, 0.1) is 18.0 Å². The van der Waals surface area contributed by atoms with Gasteiger partial charge in [-0.3, -0.25) is 4.79 Å². The summed E-state index contributed by atoms with van der Waals surface area (Å²) >= 11 is 0. The van der Waals surface area contributed by atoms with E-state index in [1.165, 1.54) is 6.92 Å². The third-order valence-electron chi connectivity index (χ3n) is 4.90. The van der Waals surface area contributed by atoms with Crippen LogP contribution < -0.4 is 5.32 Å². The second-order valence-electron chi connectivity index (χ2n) is 6.90. The first kappa shape index (κ1) is 18.3. The molecule has 1 heterocycles. The molecule has 2 aromatic carbocycles. The maximum atomic E-state index is 11.7. The van der Waals surface area contributed by atoms with Crippen LogP contribution in [0.1, 0.15) is 41.1 Å². The highest BCUT2D eigenvalue weighted by molar-refractivity contribution is 5.88. The second kappa shape index (κ2) is 7.50. The van der Waals surface area contributed by atoms with E-state index in [4.69, 9.17) is 4.98 Å². The summed E-state index contributed by atoms with van der Waals surface area (Å²) < 4.78 is 0. The van der Waals surface area contributed by atoms with Crippen molar-refractivity contribution in [1.29, 1.82) is 0 Å². The van der Waals surface area contributed by atoms with Gasteiger partial charge in [-0.2, -0.15) is 0 Å². The number of nitrogens with one attached hydrogen (secondary N) is 1. The van der Waals surface area contributed by atoms with Crippen LogP contribution in [-0.2, 0) is 24.2 Å². The fourth-order valence-corrected chi connectivity index (χ4v) is 3.55. The Hall–Kier alpha value is -3.09. The average molecular weight is 375 g/mol. The third-order valence-corrected chi connectivity index (χ3v) is 4.90. The Kier molecular flexibility index (Phi) is 4.90. The number of hydrogen-bond donors (Lipinski definition) is 3. The average Bonchev–Trinajstić information content (AvgIpc) is 2.72. The largest absolute Gasteiger partial charge is 0.392 e. The number of nitrogens with zero attached hydrogens (tertiary/aromatic N) is 2. The first-order chi connectivity index (χ1) is 13.6. The minimum atomic E-state index is -1.01. The van der Waals surface area contributed by atoms with Gasteiger partial charge in [-0.05, 0) is 29.5 Å². The molecule has 1 aliphatic carbocycles. The maximum absolute atomic E-state index is 11.7. The van der Waals surface area contributed by atoms with Crippen molar-refractivity contribution in [2.75, 3.05) is 5.32 Å². The lowest BCUT2D eigenvalue weighted by Crippen LogP contribution is -2.18. The third kappa shape index (κ3) is 3.40. The highest BCUT2D eigenvalue weighted by atomic mass is 16.3. The van der Waals surface area contributed by atoms with Crippen LogP contribution in [0, 0.1) is 0 Å². The molecule has 1 amide bonds. The number of carbonyl (C=O) groups excluding carboxylic acids is 1. The highest BCUT2D eigenvalue weighted by Gasteiger charge is 2.25. The monoisotopic (exact) mass is 375 g/mol. The van der Waals surface area contributed by atoms with Crippen LogP contribution in [0.5, 0.6) is 0 Å². The molecular formula is C22H21N3O3. The molecule has 6 heteroatoms. The summed E-state index contributed by atoms with van der Waals surface area (Å²) in [5.41, 5.74) is 5.40. The Labute approximate surface area is 162 Å². The Morgan fingerprint density at radius 3 is 2.64 bits per heavy atom. The standard InChI is InChI=1S/C22H21N3O3/c1-13(27)23-22-20(21(28)15-5-3-2-4-6-15)25-19-17-9-7-14(12-26)11-16(17)8-10-18(19)24-22/h2-7,9,11,21,26,28H,8,10,12H2,1H3,(H,23,24,27). The van der Waals surface area contributed by atoms with Crippen molar-refractivity contribution in [3.63, 3.8) is 0 Å². The number of benzene rings is 2. The Morgan fingerprint density at radius 2 is 1.93 bits per heavy atom. The number of anilines is 1. The van der Waals surface area contributed by atoms with Crippen LogP contribution in [0.3, 0.4) is 0 Å². The van der Waals surface area contributed by atoms with Gasteiger partial charge in [-0.15, -0.1) is 0 Å². The van der Waals surface area contributed by atoms with Crippen molar-refractivity contribution in [3.05, 3.63) is 76.6 Å². The van der Waals surface area contributed by atoms with Crippen LogP contribution in [0.4, 0.5) is 5.82 Å². The lowest BCUT2D eigenvalue weighted by atomic mass is 9.90. The van der Waals surface area contributed by atoms with Crippen LogP contribution in [0.15, 0.2) is 48.5 Å². The number of amides is 1. The molecular weight excluding hydrogens is 354 g/mol. The van der Waals surface area contributed by atoms with E-state index >= 15 is 0 Å². The molecule has 6 nitrogen and oxygen atoms in total. The Balaban J connectivity index is 1.86. The minimum Gasteiger partial charge on any atom is -0.392 e. The zero-order valence-electron chi connectivity index (χ0n) is 15.5. The summed E-state index contributed by atoms with van der Waals surface area (Å²) in [6.45, 7) is 1.40. The van der Waals surface area contributed by atoms with Gasteiger partial charge >= 0.3 is 0 Å². The smallest absolute Gasteiger partial charge is 0.222 e. The van der Waals surface area contributed by atoms with Crippen LogP contribution in [0.25, 0.3) is 11.3 Å². The van der Waals surface area contributed by atoms with Gasteiger partial charge in [0.2, 0.25) is 5.91 Å². The first-order valence-corrected chi connectivity index (χ1v) is 9.21. The van der Waals surface area contributed by atoms with E-state index in [9.17, 15) is 15.0 Å². The SMILES string of the molecule is CC(=O)Nc1nc2c(nc1C(O)c1ccccc1)-c1ccc(CO)cc1CC2. The Morgan fingerprint density at radius 1 is 1.14 bits per heavy atom. The maximum Gasteiger partial charge on any atom is 0.222 e. The number of carbonyl (C=O) groups is 1. The first-order valence-electron chi connectivity index (χ1n) is 9.21. The molecule has 0 spiro atoms. The number of hydrogen-bond acceptors (Lipinski definition) is 5. The van der Waals surface area contributed by atoms with E-state index in [1.807, 2.05) is 48.5 Å². The second-order valence-corrected chi connectivity index (χ2v) is 6.90. The molecule has 0 fully saturated rings. The van der Waals surface area contributed by atoms with Gasteiger partial charge in [0.1, 0.15) is 11.8 Å². The van der Waals surface area contributed by atoms with Crippen LogP contribution >= 0.6 is 0 Å². The summed E-state index contributed by atoms with van der Waals surface area (Å²) in [5, 5.41) is 23.0. The summed E-state index contributed by atoms with van der Waals surface area (Å²) in [6, 6.07) is 15.0. The molecule has 4 rings (SSSR count). The molecule has 0 radical (unpaired) electrons. The van der Waals surface area contributed by atoms with Gasteiger partial charge < -0.3 is 15.5 Å². The van der Waals surface area contributed by atoms with Gasteiger partial charge in [0.15, 0.2) is 5.82 Å². The van der Waals surface area contributed by atoms with Crippen molar-refractivity contribution >= 4 is 11.7 Å². The van der Waals surface area contributed by atoms with E-state index in [1.54, 1.807) is 0 Å². The number of rotatable bonds is 4. The number of aryl methyl sites for hydroxylation is 2. The number of aliphatic hydroxyl groups excluding tert-OH is 2. The van der Waals surface area contributed by atoms with E-state index in [-0.39, 0.29) is 18.3 Å². The molecule has 3 N–H and O–H groups in total. The molecule has 1 aromatic heterocycles. The summed E-state index contributed by atoms with van der Waals surface area (Å²) in [5.74, 6) is 0.0255. The van der Waals surface area contributed by atoms with Gasteiger partial charge in [-0.1, -0.05) is 48.5 Å². The molecule has 0 saturated carbocycles. The minimum absolute atomic E-state index is 0.00867. The van der Waals surface area contributed by atoms with Crippen LogP contribution in [0.2, 0.25) is 0 Å². The van der Waals surface area contributed by atoms with E-state index < -0.39 is 6.10 Å². The van der Waals surface area contributed by atoms with Gasteiger partial charge in [0, 0.05) is 12.5 Å². The van der Waals surface area contributed by atoms with Crippen molar-refractivity contribution in [1.82, 2.24) is 9.97 Å². The molecule has 28 heavy (non-hydrogen) atoms. The quantitative estimate of drug-likeness (QED) is 0.652. The normalized spacial score (nSPS) is 13.4. The van der Waals surface area contributed by atoms with E-state index in [2.05, 4.69) is 10.3 Å². The van der Waals surface area contributed by atoms with Crippen molar-refractivity contribution in [3.8, 4) is 11.3 Å². The zero-order chi connectivity index (χ0) is 19.7. The number of aliphatic hydroxyl groups is 2. The van der Waals surface area contributed by atoms with Crippen molar-refractivity contribution < 1.29 is 15.0 Å². The zero-order valence-corrected chi connectivity index (χ0v) is 15.5. The van der Waals surface area contributed by atoms with Gasteiger partial charge in [-0.25, -0.2) is 9.97 Å². The number of fused-ring (bicyclic) bond motifs is 3. The lowest BCUT2D eigenvalue weighted by molar-refractivity contribution is -0.114.